The number of para-hydroxylation sites is 2. The molecular formula is C14H13N2PS3. The van der Waals surface area contributed by atoms with E-state index in [1.54, 1.807) is 11.4 Å². The van der Waals surface area contributed by atoms with Crippen LogP contribution < -0.4 is 9.34 Å². The summed E-state index contributed by atoms with van der Waals surface area (Å²) < 4.78 is 4.27. The molecule has 1 aliphatic heterocycles. The van der Waals surface area contributed by atoms with Gasteiger partial charge in [0.1, 0.15) is 0 Å². The predicted octanol–water partition coefficient (Wildman–Crippen LogP) is 4.89. The quantitative estimate of drug-likeness (QED) is 0.580. The van der Waals surface area contributed by atoms with Crippen LogP contribution in [0.2, 0.25) is 0 Å². The SMILES string of the molecule is CSP1(=S)N(c2ccccc2)C(=S)N1c1ccccc1. The molecule has 1 fully saturated rings. The van der Waals surface area contributed by atoms with Crippen molar-refractivity contribution in [1.29, 1.82) is 0 Å². The molecule has 2 nitrogen and oxygen atoms in total. The van der Waals surface area contributed by atoms with E-state index in [4.69, 9.17) is 24.0 Å². The Morgan fingerprint density at radius 2 is 1.25 bits per heavy atom. The minimum absolute atomic E-state index is 0.792. The monoisotopic (exact) mass is 336 g/mol. The summed E-state index contributed by atoms with van der Waals surface area (Å²) in [5.41, 5.74) is 0.253. The van der Waals surface area contributed by atoms with Gasteiger partial charge < -0.3 is 0 Å². The van der Waals surface area contributed by atoms with Gasteiger partial charge in [-0.05, 0) is 54.5 Å². The zero-order valence-electron chi connectivity index (χ0n) is 10.8. The molecule has 0 aliphatic carbocycles. The van der Waals surface area contributed by atoms with Gasteiger partial charge in [0, 0.05) is 11.4 Å². The lowest BCUT2D eigenvalue weighted by molar-refractivity contribution is 1.34. The molecule has 0 aromatic heterocycles. The normalized spacial score (nSPS) is 16.9. The third-order valence-corrected chi connectivity index (χ3v) is 10.8. The van der Waals surface area contributed by atoms with Crippen molar-refractivity contribution in [3.05, 3.63) is 60.7 Å². The van der Waals surface area contributed by atoms with Crippen LogP contribution in [0.4, 0.5) is 11.4 Å². The molecule has 0 saturated carbocycles. The highest BCUT2D eigenvalue weighted by Crippen LogP contribution is 2.72. The smallest absolute Gasteiger partial charge is 0.192 e. The number of benzene rings is 2. The summed E-state index contributed by atoms with van der Waals surface area (Å²) in [6.45, 7) is 0. The van der Waals surface area contributed by atoms with Crippen molar-refractivity contribution in [3.8, 4) is 0 Å². The number of anilines is 2. The predicted molar refractivity (Wildman–Crippen MR) is 98.2 cm³/mol. The summed E-state index contributed by atoms with van der Waals surface area (Å²) in [6, 6.07) is 20.3. The van der Waals surface area contributed by atoms with Crippen molar-refractivity contribution in [2.45, 2.75) is 0 Å². The lowest BCUT2D eigenvalue weighted by Crippen LogP contribution is -2.52. The lowest BCUT2D eigenvalue weighted by atomic mass is 10.3. The average Bonchev–Trinajstić information content (AvgIpc) is 2.49. The van der Waals surface area contributed by atoms with E-state index in [2.05, 4.69) is 39.9 Å². The van der Waals surface area contributed by atoms with Gasteiger partial charge >= 0.3 is 0 Å². The van der Waals surface area contributed by atoms with E-state index in [-0.39, 0.29) is 0 Å². The number of rotatable bonds is 3. The number of hydrogen-bond acceptors (Lipinski definition) is 3. The fraction of sp³-hybridized carbons (Fsp3) is 0.0714. The third kappa shape index (κ3) is 2.09. The maximum absolute atomic E-state index is 5.96. The first-order chi connectivity index (χ1) is 9.68. The molecule has 0 spiro atoms. The highest BCUT2D eigenvalue weighted by atomic mass is 32.9. The Balaban J connectivity index is 2.02. The molecule has 0 amide bonds. The van der Waals surface area contributed by atoms with E-state index in [0.717, 1.165) is 16.5 Å². The Kier molecular flexibility index (Phi) is 3.87. The molecule has 2 aromatic rings. The second-order valence-corrected chi connectivity index (χ2v) is 11.6. The molecule has 6 heteroatoms. The Bertz CT molecular complexity index is 622. The molecular weight excluding hydrogens is 323 g/mol. The molecule has 2 aromatic carbocycles. The Hall–Kier alpha value is -0.870. The van der Waals surface area contributed by atoms with Gasteiger partial charge in [-0.1, -0.05) is 47.8 Å². The van der Waals surface area contributed by atoms with Crippen LogP contribution in [0, 0.1) is 0 Å². The second kappa shape index (κ2) is 5.49. The van der Waals surface area contributed by atoms with Gasteiger partial charge in [-0.15, -0.1) is 0 Å². The molecule has 0 atom stereocenters. The van der Waals surface area contributed by atoms with Gasteiger partial charge in [0.25, 0.3) is 0 Å². The van der Waals surface area contributed by atoms with Crippen molar-refractivity contribution in [2.75, 3.05) is 15.6 Å². The molecule has 0 unspecified atom stereocenters. The first kappa shape index (κ1) is 14.1. The highest BCUT2D eigenvalue weighted by molar-refractivity contribution is 8.72. The number of nitrogens with zero attached hydrogens (tertiary/aromatic N) is 2. The van der Waals surface area contributed by atoms with Crippen LogP contribution in [-0.2, 0) is 11.8 Å². The van der Waals surface area contributed by atoms with E-state index in [1.165, 1.54) is 0 Å². The lowest BCUT2D eigenvalue weighted by Gasteiger charge is -2.54. The van der Waals surface area contributed by atoms with Crippen LogP contribution in [0.5, 0.6) is 0 Å². The van der Waals surface area contributed by atoms with Gasteiger partial charge in [0.2, 0.25) is 0 Å². The van der Waals surface area contributed by atoms with Crippen LogP contribution >= 0.6 is 29.1 Å². The largest absolute Gasteiger partial charge is 0.265 e. The molecule has 1 saturated heterocycles. The van der Waals surface area contributed by atoms with E-state index in [0.29, 0.717) is 0 Å². The highest BCUT2D eigenvalue weighted by Gasteiger charge is 2.48. The molecule has 1 aliphatic rings. The first-order valence-electron chi connectivity index (χ1n) is 6.09. The van der Waals surface area contributed by atoms with Crippen LogP contribution in [-0.4, -0.2) is 11.4 Å². The van der Waals surface area contributed by atoms with Gasteiger partial charge in [0.05, 0.1) is 0 Å². The Morgan fingerprint density at radius 1 is 0.850 bits per heavy atom. The van der Waals surface area contributed by atoms with Crippen molar-refractivity contribution >= 4 is 57.4 Å². The van der Waals surface area contributed by atoms with Crippen LogP contribution in [0.15, 0.2) is 60.7 Å². The third-order valence-electron chi connectivity index (χ3n) is 3.11. The van der Waals surface area contributed by atoms with Gasteiger partial charge in [-0.2, -0.15) is 0 Å². The minimum Gasteiger partial charge on any atom is -0.265 e. The fourth-order valence-corrected chi connectivity index (χ4v) is 8.59. The maximum Gasteiger partial charge on any atom is 0.192 e. The molecule has 20 heavy (non-hydrogen) atoms. The molecule has 3 rings (SSSR count). The second-order valence-electron chi connectivity index (χ2n) is 4.25. The Morgan fingerprint density at radius 3 is 1.60 bits per heavy atom. The molecule has 102 valence electrons. The van der Waals surface area contributed by atoms with Gasteiger partial charge in [-0.25, -0.2) is 0 Å². The van der Waals surface area contributed by atoms with Crippen molar-refractivity contribution in [1.82, 2.24) is 0 Å². The minimum atomic E-state index is -1.92. The standard InChI is InChI=1S/C14H13N2PS3/c1-20-17(19)15(12-8-4-2-5-9-12)14(18)16(17)13-10-6-3-7-11-13/h2-11H,1H3. The summed E-state index contributed by atoms with van der Waals surface area (Å²) in [7, 11) is 0. The maximum atomic E-state index is 5.96. The summed E-state index contributed by atoms with van der Waals surface area (Å²) in [4.78, 5) is 0. The van der Waals surface area contributed by atoms with Gasteiger partial charge in [-0.3, -0.25) is 9.34 Å². The number of thiocarbonyl (C=S) groups is 1. The van der Waals surface area contributed by atoms with E-state index >= 15 is 0 Å². The summed E-state index contributed by atoms with van der Waals surface area (Å²) in [5.74, 6) is 0. The van der Waals surface area contributed by atoms with Crippen LogP contribution in [0.25, 0.3) is 0 Å². The first-order valence-corrected chi connectivity index (χ1v) is 11.0. The zero-order valence-corrected chi connectivity index (χ0v) is 14.2. The summed E-state index contributed by atoms with van der Waals surface area (Å²) in [6.07, 6.45) is 2.06. The average molecular weight is 336 g/mol. The molecule has 0 radical (unpaired) electrons. The van der Waals surface area contributed by atoms with Crippen molar-refractivity contribution in [3.63, 3.8) is 0 Å². The summed E-state index contributed by atoms with van der Waals surface area (Å²) in [5, 5.41) is 0.792. The molecule has 1 heterocycles. The van der Waals surface area contributed by atoms with Gasteiger partial charge in [0.15, 0.2) is 10.7 Å². The van der Waals surface area contributed by atoms with Crippen molar-refractivity contribution < 1.29 is 0 Å². The summed E-state index contributed by atoms with van der Waals surface area (Å²) >= 11 is 13.3. The topological polar surface area (TPSA) is 6.48 Å². The van der Waals surface area contributed by atoms with E-state index in [1.807, 2.05) is 36.4 Å². The van der Waals surface area contributed by atoms with E-state index < -0.39 is 5.54 Å². The number of hydrogen-bond donors (Lipinski definition) is 0. The van der Waals surface area contributed by atoms with Crippen LogP contribution in [0.1, 0.15) is 0 Å². The Labute approximate surface area is 133 Å². The van der Waals surface area contributed by atoms with Crippen molar-refractivity contribution in [2.24, 2.45) is 0 Å². The zero-order chi connectivity index (χ0) is 14.2. The fourth-order valence-electron chi connectivity index (χ4n) is 2.17. The molecule has 0 bridgehead atoms. The van der Waals surface area contributed by atoms with E-state index in [9.17, 15) is 0 Å². The van der Waals surface area contributed by atoms with Crippen LogP contribution in [0.3, 0.4) is 0 Å². The molecule has 0 N–H and O–H groups in total.